The normalized spacial score (nSPS) is 19.6. The van der Waals surface area contributed by atoms with Crippen LogP contribution in [0, 0.1) is 11.7 Å². The van der Waals surface area contributed by atoms with E-state index in [2.05, 4.69) is 5.32 Å². The summed E-state index contributed by atoms with van der Waals surface area (Å²) in [5.74, 6) is -5.80. The van der Waals surface area contributed by atoms with Gasteiger partial charge in [0.15, 0.2) is 0 Å². The summed E-state index contributed by atoms with van der Waals surface area (Å²) in [6.45, 7) is -0.690. The van der Waals surface area contributed by atoms with Crippen molar-refractivity contribution in [2.75, 3.05) is 10.2 Å². The van der Waals surface area contributed by atoms with Gasteiger partial charge in [0.05, 0.1) is 27.8 Å². The number of aromatic nitrogens is 1. The van der Waals surface area contributed by atoms with E-state index < -0.39 is 81.2 Å². The molecule has 1 fully saturated rings. The van der Waals surface area contributed by atoms with Crippen molar-refractivity contribution in [3.63, 3.8) is 0 Å². The fourth-order valence-corrected chi connectivity index (χ4v) is 8.32. The summed E-state index contributed by atoms with van der Waals surface area (Å²) in [6, 6.07) is 12.8. The summed E-state index contributed by atoms with van der Waals surface area (Å²) in [4.78, 5) is 53.8. The molecular formula is C30H18F7N3O4S2. The highest BCUT2D eigenvalue weighted by molar-refractivity contribution is 8.00. The van der Waals surface area contributed by atoms with Crippen LogP contribution in [0.1, 0.15) is 27.5 Å². The van der Waals surface area contributed by atoms with E-state index in [4.69, 9.17) is 0 Å². The number of halogens is 7. The first-order valence-electron chi connectivity index (χ1n) is 13.3. The number of carbonyl (C=O) groups excluding carboxylic acids is 3. The molecule has 3 amide bonds. The Balaban J connectivity index is 1.40. The van der Waals surface area contributed by atoms with Crippen LogP contribution in [0.5, 0.6) is 0 Å². The molecule has 0 spiro atoms. The molecule has 46 heavy (non-hydrogen) atoms. The second-order valence-electron chi connectivity index (χ2n) is 10.4. The van der Waals surface area contributed by atoms with Crippen LogP contribution >= 0.6 is 23.1 Å². The number of thioether (sulfide) groups is 1. The number of hydrogen-bond donors (Lipinski definition) is 1. The highest BCUT2D eigenvalue weighted by Crippen LogP contribution is 2.54. The molecule has 0 aliphatic carbocycles. The first kappa shape index (κ1) is 31.5. The number of amides is 3. The van der Waals surface area contributed by atoms with Crippen molar-refractivity contribution in [1.29, 1.82) is 0 Å². The van der Waals surface area contributed by atoms with Gasteiger partial charge in [0, 0.05) is 16.5 Å². The van der Waals surface area contributed by atoms with Gasteiger partial charge in [-0.2, -0.15) is 26.3 Å². The Labute approximate surface area is 262 Å². The van der Waals surface area contributed by atoms with E-state index in [0.717, 1.165) is 58.8 Å². The fourth-order valence-electron chi connectivity index (χ4n) is 5.55. The quantitative estimate of drug-likeness (QED) is 0.192. The smallest absolute Gasteiger partial charge is 0.325 e. The lowest BCUT2D eigenvalue weighted by atomic mass is 9.83. The maximum absolute atomic E-state index is 13.9. The maximum Gasteiger partial charge on any atom is 0.418 e. The Kier molecular flexibility index (Phi) is 7.83. The molecule has 1 aromatic heterocycles. The summed E-state index contributed by atoms with van der Waals surface area (Å²) < 4.78 is 96.0. The minimum atomic E-state index is -4.90. The van der Waals surface area contributed by atoms with Crippen LogP contribution < -0.4 is 15.1 Å². The molecule has 0 bridgehead atoms. The number of benzene rings is 3. The van der Waals surface area contributed by atoms with Gasteiger partial charge < -0.3 is 5.32 Å². The average molecular weight is 682 g/mol. The molecular weight excluding hydrogens is 663 g/mol. The fraction of sp³-hybridized carbons (Fsp3) is 0.200. The molecule has 16 heteroatoms. The minimum absolute atomic E-state index is 0.0804. The Bertz CT molecular complexity index is 1940. The SMILES string of the molecule is O=C(Cn1c2c(sc1=O)[C@@H](c1ccc(F)cc1)[C@@H]1C(=O)N(c3ccccc3C(F)(F)F)C(=O)[C@@H]1S2)Nc1cccc(C(F)(F)F)c1. The van der Waals surface area contributed by atoms with E-state index in [1.807, 2.05) is 0 Å². The van der Waals surface area contributed by atoms with Crippen LogP contribution in [0.25, 0.3) is 0 Å². The Hall–Kier alpha value is -4.44. The van der Waals surface area contributed by atoms with E-state index in [0.29, 0.717) is 27.9 Å². The van der Waals surface area contributed by atoms with E-state index in [1.165, 1.54) is 24.3 Å². The number of thiazole rings is 1. The number of alkyl halides is 6. The third-order valence-electron chi connectivity index (χ3n) is 7.50. The van der Waals surface area contributed by atoms with Gasteiger partial charge in [0.2, 0.25) is 17.7 Å². The molecule has 1 N–H and O–H groups in total. The third kappa shape index (κ3) is 5.59. The molecule has 3 atom stereocenters. The Morgan fingerprint density at radius 2 is 1.54 bits per heavy atom. The molecule has 7 nitrogen and oxygen atoms in total. The number of carbonyl (C=O) groups is 3. The molecule has 3 heterocycles. The zero-order valence-electron chi connectivity index (χ0n) is 22.9. The van der Waals surface area contributed by atoms with Crippen LogP contribution in [-0.2, 0) is 33.3 Å². The molecule has 0 radical (unpaired) electrons. The average Bonchev–Trinajstić information content (AvgIpc) is 3.43. The largest absolute Gasteiger partial charge is 0.418 e. The number of nitrogens with one attached hydrogen (secondary N) is 1. The first-order valence-corrected chi connectivity index (χ1v) is 15.0. The van der Waals surface area contributed by atoms with Crippen molar-refractivity contribution in [1.82, 2.24) is 4.57 Å². The van der Waals surface area contributed by atoms with Crippen LogP contribution in [0.4, 0.5) is 42.1 Å². The lowest BCUT2D eigenvalue weighted by Crippen LogP contribution is -2.33. The molecule has 0 unspecified atom stereocenters. The van der Waals surface area contributed by atoms with Crippen molar-refractivity contribution in [2.45, 2.75) is 35.1 Å². The summed E-state index contributed by atoms with van der Waals surface area (Å²) in [5, 5.41) is 1.06. The summed E-state index contributed by atoms with van der Waals surface area (Å²) in [5.41, 5.74) is -2.79. The predicted molar refractivity (Wildman–Crippen MR) is 154 cm³/mol. The van der Waals surface area contributed by atoms with Gasteiger partial charge >= 0.3 is 17.2 Å². The number of hydrogen-bond acceptors (Lipinski definition) is 6. The molecule has 2 aliphatic heterocycles. The van der Waals surface area contributed by atoms with E-state index in [1.54, 1.807) is 0 Å². The molecule has 4 aromatic rings. The molecule has 2 aliphatic rings. The molecule has 1 saturated heterocycles. The molecule has 0 saturated carbocycles. The number of nitrogens with zero attached hydrogens (tertiary/aromatic N) is 2. The van der Waals surface area contributed by atoms with Gasteiger partial charge in [0.1, 0.15) is 17.6 Å². The topological polar surface area (TPSA) is 88.5 Å². The monoisotopic (exact) mass is 681 g/mol. The summed E-state index contributed by atoms with van der Waals surface area (Å²) >= 11 is 1.37. The van der Waals surface area contributed by atoms with Gasteiger partial charge in [-0.05, 0) is 48.0 Å². The number of para-hydroxylation sites is 1. The first-order chi connectivity index (χ1) is 21.6. The lowest BCUT2D eigenvalue weighted by molar-refractivity contribution is -0.138. The van der Waals surface area contributed by atoms with Crippen molar-refractivity contribution >= 4 is 52.2 Å². The third-order valence-corrected chi connectivity index (χ3v) is 10.1. The summed E-state index contributed by atoms with van der Waals surface area (Å²) in [6.07, 6.45) is -9.58. The van der Waals surface area contributed by atoms with Gasteiger partial charge in [-0.15, -0.1) is 0 Å². The van der Waals surface area contributed by atoms with Crippen molar-refractivity contribution in [2.24, 2.45) is 5.92 Å². The van der Waals surface area contributed by atoms with E-state index >= 15 is 0 Å². The van der Waals surface area contributed by atoms with Gasteiger partial charge in [-0.25, -0.2) is 9.29 Å². The van der Waals surface area contributed by atoms with Crippen LogP contribution in [0.15, 0.2) is 82.6 Å². The maximum atomic E-state index is 13.9. The Morgan fingerprint density at radius 3 is 2.22 bits per heavy atom. The van der Waals surface area contributed by atoms with E-state index in [9.17, 15) is 49.9 Å². The molecule has 3 aromatic carbocycles. The summed E-state index contributed by atoms with van der Waals surface area (Å²) in [7, 11) is 0. The zero-order valence-corrected chi connectivity index (χ0v) is 24.5. The predicted octanol–water partition coefficient (Wildman–Crippen LogP) is 6.52. The second-order valence-corrected chi connectivity index (χ2v) is 12.5. The minimum Gasteiger partial charge on any atom is -0.325 e. The van der Waals surface area contributed by atoms with Gasteiger partial charge in [-0.1, -0.05) is 53.4 Å². The van der Waals surface area contributed by atoms with Gasteiger partial charge in [0.25, 0.3) is 0 Å². The lowest BCUT2D eigenvalue weighted by Gasteiger charge is -2.30. The number of rotatable bonds is 5. The van der Waals surface area contributed by atoms with Crippen molar-refractivity contribution in [3.8, 4) is 0 Å². The highest BCUT2D eigenvalue weighted by Gasteiger charge is 2.57. The molecule has 6 rings (SSSR count). The number of imide groups is 1. The van der Waals surface area contributed by atoms with Crippen LogP contribution in [0.3, 0.4) is 0 Å². The number of fused-ring (bicyclic) bond motifs is 2. The Morgan fingerprint density at radius 1 is 0.848 bits per heavy atom. The van der Waals surface area contributed by atoms with Crippen molar-refractivity contribution < 1.29 is 45.1 Å². The standard InChI is InChI=1S/C30H18F7N3O4S2/c31-16-10-8-14(9-11-16)21-22-23(26(43)40(25(22)42)19-7-2-1-6-18(19)30(35,36)37)45-27-24(21)46-28(44)39(27)13-20(41)38-17-5-3-4-15(12-17)29(32,33)34/h1-12,21-23H,13H2,(H,38,41)/t21-,22-,23+/m0/s1. The van der Waals surface area contributed by atoms with Crippen molar-refractivity contribution in [3.05, 3.63) is 110 Å². The zero-order chi connectivity index (χ0) is 33.1. The van der Waals surface area contributed by atoms with Crippen LogP contribution in [-0.4, -0.2) is 27.5 Å². The van der Waals surface area contributed by atoms with Crippen LogP contribution in [0.2, 0.25) is 0 Å². The number of anilines is 2. The second kappa shape index (κ2) is 11.4. The highest BCUT2D eigenvalue weighted by atomic mass is 32.2. The van der Waals surface area contributed by atoms with E-state index in [-0.39, 0.29) is 15.6 Å². The van der Waals surface area contributed by atoms with Gasteiger partial charge in [-0.3, -0.25) is 23.7 Å². The molecule has 238 valence electrons.